The number of carbonyl (C=O) groups excluding carboxylic acids is 3. The summed E-state index contributed by atoms with van der Waals surface area (Å²) < 4.78 is 5.20. The number of hydrogen-bond donors (Lipinski definition) is 0. The van der Waals surface area contributed by atoms with E-state index < -0.39 is 0 Å². The van der Waals surface area contributed by atoms with E-state index in [0.717, 1.165) is 5.69 Å². The second-order valence-corrected chi connectivity index (χ2v) is 5.02. The van der Waals surface area contributed by atoms with Gasteiger partial charge in [-0.05, 0) is 32.9 Å². The summed E-state index contributed by atoms with van der Waals surface area (Å²) in [4.78, 5) is 32.6. The lowest BCUT2D eigenvalue weighted by Crippen LogP contribution is -2.25. The molecule has 0 saturated heterocycles. The third-order valence-corrected chi connectivity index (χ3v) is 2.38. The molecule has 0 heterocycles. The van der Waals surface area contributed by atoms with Crippen molar-refractivity contribution in [2.24, 2.45) is 10.9 Å². The number of carbonyl (C=O) groups is 1. The van der Waals surface area contributed by atoms with Crippen molar-refractivity contribution in [3.63, 3.8) is 0 Å². The number of rotatable bonds is 4. The Hall–Kier alpha value is -2.26. The van der Waals surface area contributed by atoms with Crippen LogP contribution >= 0.6 is 0 Å². The Morgan fingerprint density at radius 1 is 1.10 bits per heavy atom. The highest BCUT2D eigenvalue weighted by Crippen LogP contribution is 2.15. The fraction of sp³-hybridized carbons (Fsp3) is 0.438. The van der Waals surface area contributed by atoms with E-state index in [2.05, 4.69) is 4.99 Å². The first-order chi connectivity index (χ1) is 9.81. The molecule has 0 aliphatic rings. The first-order valence-corrected chi connectivity index (χ1v) is 6.67. The summed E-state index contributed by atoms with van der Waals surface area (Å²) in [6, 6.07) is 7.76. The molecule has 5 heteroatoms. The van der Waals surface area contributed by atoms with E-state index in [1.54, 1.807) is 0 Å². The first kappa shape index (κ1) is 18.7. The maximum Gasteiger partial charge on any atom is 0.373 e. The zero-order chi connectivity index (χ0) is 16.4. The minimum absolute atomic E-state index is 0.0394. The van der Waals surface area contributed by atoms with Crippen LogP contribution in [0.1, 0.15) is 33.3 Å². The second kappa shape index (κ2) is 9.61. The molecular weight excluding hydrogens is 270 g/mol. The Morgan fingerprint density at radius 2 is 1.57 bits per heavy atom. The molecule has 0 amide bonds. The topological polar surface area (TPSA) is 72.8 Å². The SMILES string of the molecule is Cc1ccc(N=C(C(=O)OC(C)C)C(C)C)cc1.O=C=O. The average Bonchev–Trinajstić information content (AvgIpc) is 2.37. The molecule has 5 nitrogen and oxygen atoms in total. The van der Waals surface area contributed by atoms with Crippen LogP contribution in [0.5, 0.6) is 0 Å². The maximum absolute atomic E-state index is 11.9. The number of aliphatic imine (C=N–C) groups is 1. The smallest absolute Gasteiger partial charge is 0.373 e. The lowest BCUT2D eigenvalue weighted by atomic mass is 10.1. The summed E-state index contributed by atoms with van der Waals surface area (Å²) in [6.45, 7) is 9.57. The van der Waals surface area contributed by atoms with E-state index in [9.17, 15) is 4.79 Å². The molecule has 21 heavy (non-hydrogen) atoms. The summed E-state index contributed by atoms with van der Waals surface area (Å²) in [5, 5.41) is 0. The molecule has 0 fully saturated rings. The van der Waals surface area contributed by atoms with Crippen LogP contribution in [0.3, 0.4) is 0 Å². The predicted octanol–water partition coefficient (Wildman–Crippen LogP) is 3.09. The molecule has 0 atom stereocenters. The normalized spacial score (nSPS) is 10.7. The van der Waals surface area contributed by atoms with Crippen molar-refractivity contribution < 1.29 is 19.1 Å². The summed E-state index contributed by atoms with van der Waals surface area (Å²) in [5.41, 5.74) is 2.42. The molecule has 0 radical (unpaired) electrons. The van der Waals surface area contributed by atoms with Crippen molar-refractivity contribution >= 4 is 23.5 Å². The Bertz CT molecular complexity index is 510. The third kappa shape index (κ3) is 7.80. The molecule has 0 saturated carbocycles. The Morgan fingerprint density at radius 3 is 1.95 bits per heavy atom. The quantitative estimate of drug-likeness (QED) is 0.631. The fourth-order valence-corrected chi connectivity index (χ4v) is 1.44. The van der Waals surface area contributed by atoms with Crippen molar-refractivity contribution in [2.45, 2.75) is 40.7 Å². The van der Waals surface area contributed by atoms with E-state index in [4.69, 9.17) is 14.3 Å². The number of hydrogen-bond acceptors (Lipinski definition) is 5. The fourth-order valence-electron chi connectivity index (χ4n) is 1.44. The summed E-state index contributed by atoms with van der Waals surface area (Å²) >= 11 is 0. The molecule has 0 bridgehead atoms. The third-order valence-electron chi connectivity index (χ3n) is 2.38. The van der Waals surface area contributed by atoms with Gasteiger partial charge in [-0.25, -0.2) is 9.79 Å². The van der Waals surface area contributed by atoms with Crippen LogP contribution in [0.25, 0.3) is 0 Å². The summed E-state index contributed by atoms with van der Waals surface area (Å²) in [6.07, 6.45) is 0.125. The maximum atomic E-state index is 11.9. The number of ether oxygens (including phenoxy) is 1. The minimum atomic E-state index is -0.333. The van der Waals surface area contributed by atoms with Crippen LogP contribution in [0, 0.1) is 12.8 Å². The van der Waals surface area contributed by atoms with Crippen molar-refractivity contribution in [3.05, 3.63) is 29.8 Å². The van der Waals surface area contributed by atoms with Crippen LogP contribution in [-0.4, -0.2) is 23.9 Å². The molecule has 0 aliphatic carbocycles. The number of aryl methyl sites for hydroxylation is 1. The Balaban J connectivity index is 0.00000122. The monoisotopic (exact) mass is 291 g/mol. The van der Waals surface area contributed by atoms with Crippen LogP contribution in [-0.2, 0) is 19.1 Å². The van der Waals surface area contributed by atoms with Gasteiger partial charge in [0.2, 0.25) is 0 Å². The largest absolute Gasteiger partial charge is 0.458 e. The second-order valence-electron chi connectivity index (χ2n) is 5.02. The Kier molecular flexibility index (Phi) is 8.58. The molecular formula is C16H21NO4. The Labute approximate surface area is 125 Å². The van der Waals surface area contributed by atoms with Crippen molar-refractivity contribution in [3.8, 4) is 0 Å². The minimum Gasteiger partial charge on any atom is -0.458 e. The van der Waals surface area contributed by atoms with Gasteiger partial charge < -0.3 is 4.74 Å². The van der Waals surface area contributed by atoms with E-state index in [1.807, 2.05) is 58.9 Å². The van der Waals surface area contributed by atoms with Crippen LogP contribution in [0.2, 0.25) is 0 Å². The van der Waals surface area contributed by atoms with E-state index in [-0.39, 0.29) is 24.1 Å². The molecule has 0 aromatic heterocycles. The molecule has 114 valence electrons. The zero-order valence-electron chi connectivity index (χ0n) is 13.0. The van der Waals surface area contributed by atoms with Crippen LogP contribution in [0.15, 0.2) is 29.3 Å². The highest BCUT2D eigenvalue weighted by atomic mass is 16.5. The molecule has 1 rings (SSSR count). The standard InChI is InChI=1S/C15H21NO2.CO2/c1-10(2)14(15(17)18-11(3)4)16-13-8-6-12(5)7-9-13;2-1-3/h6-11H,1-5H3;. The van der Waals surface area contributed by atoms with Gasteiger partial charge in [-0.3, -0.25) is 0 Å². The van der Waals surface area contributed by atoms with Gasteiger partial charge in [0.15, 0.2) is 0 Å². The molecule has 1 aromatic carbocycles. The highest BCUT2D eigenvalue weighted by Gasteiger charge is 2.18. The molecule has 0 N–H and O–H groups in total. The van der Waals surface area contributed by atoms with Gasteiger partial charge in [0.25, 0.3) is 0 Å². The first-order valence-electron chi connectivity index (χ1n) is 6.67. The molecule has 0 spiro atoms. The van der Waals surface area contributed by atoms with E-state index in [1.165, 1.54) is 5.56 Å². The van der Waals surface area contributed by atoms with Crippen LogP contribution < -0.4 is 0 Å². The lowest BCUT2D eigenvalue weighted by Gasteiger charge is -2.12. The predicted molar refractivity (Wildman–Crippen MR) is 79.3 cm³/mol. The van der Waals surface area contributed by atoms with E-state index >= 15 is 0 Å². The van der Waals surface area contributed by atoms with Gasteiger partial charge in [0.05, 0.1) is 11.8 Å². The van der Waals surface area contributed by atoms with E-state index in [0.29, 0.717) is 5.71 Å². The van der Waals surface area contributed by atoms with Gasteiger partial charge in [-0.2, -0.15) is 9.59 Å². The molecule has 1 aromatic rings. The van der Waals surface area contributed by atoms with Gasteiger partial charge in [0, 0.05) is 5.92 Å². The van der Waals surface area contributed by atoms with Crippen molar-refractivity contribution in [1.29, 1.82) is 0 Å². The van der Waals surface area contributed by atoms with Gasteiger partial charge in [-0.1, -0.05) is 31.5 Å². The van der Waals surface area contributed by atoms with Crippen molar-refractivity contribution in [1.82, 2.24) is 0 Å². The summed E-state index contributed by atoms with van der Waals surface area (Å²) in [5.74, 6) is -0.293. The summed E-state index contributed by atoms with van der Waals surface area (Å²) in [7, 11) is 0. The van der Waals surface area contributed by atoms with Crippen LogP contribution in [0.4, 0.5) is 5.69 Å². The average molecular weight is 291 g/mol. The van der Waals surface area contributed by atoms with Crippen molar-refractivity contribution in [2.75, 3.05) is 0 Å². The number of esters is 1. The molecule has 0 unspecified atom stereocenters. The number of benzene rings is 1. The number of nitrogens with zero attached hydrogens (tertiary/aromatic N) is 1. The lowest BCUT2D eigenvalue weighted by molar-refractivity contribution is -0.191. The van der Waals surface area contributed by atoms with Gasteiger partial charge >= 0.3 is 12.1 Å². The highest BCUT2D eigenvalue weighted by molar-refractivity contribution is 6.37. The molecule has 0 aliphatic heterocycles. The van der Waals surface area contributed by atoms with Gasteiger partial charge in [-0.15, -0.1) is 0 Å². The van der Waals surface area contributed by atoms with Gasteiger partial charge in [0.1, 0.15) is 5.71 Å². The zero-order valence-corrected chi connectivity index (χ0v) is 13.0.